The fourth-order valence-electron chi connectivity index (χ4n) is 5.49. The van der Waals surface area contributed by atoms with E-state index in [1.807, 2.05) is 48.6 Å². The molecule has 7 rings (SSSR count). The molecule has 5 aromatic rings. The van der Waals surface area contributed by atoms with Crippen molar-refractivity contribution in [3.05, 3.63) is 118 Å². The Bertz CT molecular complexity index is 2050. The van der Waals surface area contributed by atoms with Crippen molar-refractivity contribution in [3.63, 3.8) is 0 Å². The van der Waals surface area contributed by atoms with Gasteiger partial charge in [0.05, 0.1) is 33.8 Å². The summed E-state index contributed by atoms with van der Waals surface area (Å²) in [4.78, 5) is 16.8. The first-order valence-corrected chi connectivity index (χ1v) is 13.6. The van der Waals surface area contributed by atoms with Gasteiger partial charge in [-0.3, -0.25) is 0 Å². The van der Waals surface area contributed by atoms with Crippen molar-refractivity contribution < 1.29 is 0 Å². The van der Waals surface area contributed by atoms with E-state index in [9.17, 15) is 10.5 Å². The number of H-pyrrole nitrogens is 2. The first-order valence-electron chi connectivity index (χ1n) is 13.6. The molecule has 2 aromatic carbocycles. The zero-order valence-corrected chi connectivity index (χ0v) is 23.0. The summed E-state index contributed by atoms with van der Waals surface area (Å²) in [7, 11) is 0. The fourth-order valence-corrected chi connectivity index (χ4v) is 5.49. The van der Waals surface area contributed by atoms with E-state index < -0.39 is 0 Å². The molecule has 0 spiro atoms. The second-order valence-corrected chi connectivity index (χ2v) is 10.5. The van der Waals surface area contributed by atoms with E-state index in [0.717, 1.165) is 55.8 Å². The molecule has 198 valence electrons. The molecule has 0 aliphatic carbocycles. The average molecular weight is 541 g/mol. The van der Waals surface area contributed by atoms with Crippen LogP contribution in [0.25, 0.3) is 68.6 Å². The Morgan fingerprint density at radius 1 is 0.476 bits per heavy atom. The Kier molecular flexibility index (Phi) is 5.89. The van der Waals surface area contributed by atoms with Gasteiger partial charge in [-0.1, -0.05) is 59.7 Å². The summed E-state index contributed by atoms with van der Waals surface area (Å²) in [6.07, 6.45) is 7.64. The Labute approximate surface area is 242 Å². The van der Waals surface area contributed by atoms with Gasteiger partial charge in [0, 0.05) is 22.2 Å². The Balaban J connectivity index is 1.66. The molecule has 3 aromatic heterocycles. The fraction of sp³-hybridized carbons (Fsp3) is 0.0556. The standard InChI is InChI=1S/C36H24N6/c1-21-3-7-23(8-4-21)35-31-15-11-27(39-31)25(19-37)29-13-17-33(41-29)36(24-9-5-22(2)6-10-24)34-18-14-30(42-34)26(20-38)28-12-16-32(35)40-28/h3-18,39,42H,1-2H3. The van der Waals surface area contributed by atoms with Gasteiger partial charge in [0.15, 0.2) is 0 Å². The van der Waals surface area contributed by atoms with Crippen LogP contribution in [0.3, 0.4) is 0 Å². The highest BCUT2D eigenvalue weighted by Crippen LogP contribution is 2.34. The predicted octanol–water partition coefficient (Wildman–Crippen LogP) is 8.35. The second-order valence-electron chi connectivity index (χ2n) is 10.5. The highest BCUT2D eigenvalue weighted by molar-refractivity contribution is 5.95. The van der Waals surface area contributed by atoms with Crippen molar-refractivity contribution >= 4 is 46.4 Å². The average Bonchev–Trinajstić information content (AvgIpc) is 3.82. The lowest BCUT2D eigenvalue weighted by Gasteiger charge is -2.05. The minimum atomic E-state index is 0.453. The highest BCUT2D eigenvalue weighted by atomic mass is 14.8. The van der Waals surface area contributed by atoms with Crippen LogP contribution < -0.4 is 0 Å². The second kappa shape index (κ2) is 9.89. The number of nitrogens with zero attached hydrogens (tertiary/aromatic N) is 4. The lowest BCUT2D eigenvalue weighted by molar-refractivity contribution is 1.29. The molecule has 8 bridgehead atoms. The number of benzene rings is 2. The maximum atomic E-state index is 10.3. The first kappa shape index (κ1) is 25.0. The predicted molar refractivity (Wildman–Crippen MR) is 169 cm³/mol. The topological polar surface area (TPSA) is 105 Å². The van der Waals surface area contributed by atoms with Crippen LogP contribution in [0.1, 0.15) is 45.0 Å². The van der Waals surface area contributed by atoms with Crippen molar-refractivity contribution in [2.24, 2.45) is 0 Å². The number of hydrogen-bond donors (Lipinski definition) is 2. The summed E-state index contributed by atoms with van der Waals surface area (Å²) in [6.45, 7) is 4.10. The van der Waals surface area contributed by atoms with E-state index in [4.69, 9.17) is 9.97 Å². The van der Waals surface area contributed by atoms with Gasteiger partial charge in [0.25, 0.3) is 0 Å². The molecule has 0 unspecified atom stereocenters. The SMILES string of the molecule is Cc1ccc(-c2c3nc(c(C#N)c4ccc([nH]4)c(-c4ccc(C)cc4)c4nc(c(C#N)c5ccc2[nH]5)C=C4)C=C3)cc1. The number of aromatic nitrogens is 4. The van der Waals surface area contributed by atoms with Gasteiger partial charge in [-0.15, -0.1) is 0 Å². The number of hydrogen-bond acceptors (Lipinski definition) is 4. The number of aryl methyl sites for hydroxylation is 2. The molecular weight excluding hydrogens is 516 g/mol. The van der Waals surface area contributed by atoms with Gasteiger partial charge in [-0.25, -0.2) is 9.97 Å². The molecule has 2 N–H and O–H groups in total. The van der Waals surface area contributed by atoms with E-state index in [1.165, 1.54) is 0 Å². The molecular formula is C36H24N6. The number of rotatable bonds is 2. The summed E-state index contributed by atoms with van der Waals surface area (Å²) >= 11 is 0. The van der Waals surface area contributed by atoms with Crippen molar-refractivity contribution in [1.29, 1.82) is 10.5 Å². The van der Waals surface area contributed by atoms with Crippen molar-refractivity contribution in [2.75, 3.05) is 0 Å². The molecule has 0 saturated carbocycles. The van der Waals surface area contributed by atoms with Crippen LogP contribution in [0, 0.1) is 36.5 Å². The molecule has 6 heteroatoms. The van der Waals surface area contributed by atoms with Gasteiger partial charge < -0.3 is 9.97 Å². The highest BCUT2D eigenvalue weighted by Gasteiger charge is 2.17. The van der Waals surface area contributed by atoms with Crippen LogP contribution >= 0.6 is 0 Å². The minimum Gasteiger partial charge on any atom is -0.354 e. The summed E-state index contributed by atoms with van der Waals surface area (Å²) in [5.41, 5.74) is 12.5. The zero-order valence-electron chi connectivity index (χ0n) is 23.0. The molecule has 0 atom stereocenters. The largest absolute Gasteiger partial charge is 0.354 e. The van der Waals surface area contributed by atoms with Crippen LogP contribution in [-0.4, -0.2) is 19.9 Å². The van der Waals surface area contributed by atoms with Gasteiger partial charge in [-0.05, 0) is 73.5 Å². The zero-order chi connectivity index (χ0) is 28.8. The molecule has 0 saturated heterocycles. The summed E-state index contributed by atoms with van der Waals surface area (Å²) in [5, 5.41) is 20.6. The van der Waals surface area contributed by atoms with Crippen molar-refractivity contribution in [1.82, 2.24) is 19.9 Å². The smallest absolute Gasteiger partial charge is 0.104 e. The maximum Gasteiger partial charge on any atom is 0.104 e. The van der Waals surface area contributed by atoms with Gasteiger partial charge >= 0.3 is 0 Å². The van der Waals surface area contributed by atoms with Crippen LogP contribution in [0.5, 0.6) is 0 Å². The molecule has 0 fully saturated rings. The normalized spacial score (nSPS) is 11.8. The van der Waals surface area contributed by atoms with Crippen LogP contribution in [-0.2, 0) is 0 Å². The third-order valence-corrected chi connectivity index (χ3v) is 7.66. The quantitative estimate of drug-likeness (QED) is 0.230. The van der Waals surface area contributed by atoms with Crippen LogP contribution in [0.15, 0.2) is 72.8 Å². The Hall–Kier alpha value is -5.98. The molecule has 0 amide bonds. The molecule has 5 heterocycles. The summed E-state index contributed by atoms with van der Waals surface area (Å²) in [5.74, 6) is 0. The molecule has 2 aliphatic heterocycles. The molecule has 6 nitrogen and oxygen atoms in total. The number of aromatic amines is 2. The lowest BCUT2D eigenvalue weighted by Crippen LogP contribution is -1.89. The maximum absolute atomic E-state index is 10.3. The van der Waals surface area contributed by atoms with E-state index in [-0.39, 0.29) is 0 Å². The number of nitriles is 2. The van der Waals surface area contributed by atoms with Gasteiger partial charge in [-0.2, -0.15) is 10.5 Å². The third-order valence-electron chi connectivity index (χ3n) is 7.66. The van der Waals surface area contributed by atoms with E-state index >= 15 is 0 Å². The number of fused-ring (bicyclic) bond motifs is 8. The van der Waals surface area contributed by atoms with Gasteiger partial charge in [0.2, 0.25) is 0 Å². The van der Waals surface area contributed by atoms with Crippen molar-refractivity contribution in [3.8, 4) is 34.4 Å². The van der Waals surface area contributed by atoms with E-state index in [1.54, 1.807) is 0 Å². The van der Waals surface area contributed by atoms with Gasteiger partial charge in [0.1, 0.15) is 23.3 Å². The summed E-state index contributed by atoms with van der Waals surface area (Å²) < 4.78 is 0. The third kappa shape index (κ3) is 4.20. The lowest BCUT2D eigenvalue weighted by atomic mass is 10.0. The van der Waals surface area contributed by atoms with Crippen molar-refractivity contribution in [2.45, 2.75) is 13.8 Å². The van der Waals surface area contributed by atoms with E-state index in [0.29, 0.717) is 33.5 Å². The summed E-state index contributed by atoms with van der Waals surface area (Å²) in [6, 6.07) is 29.0. The minimum absolute atomic E-state index is 0.453. The van der Waals surface area contributed by atoms with E-state index in [2.05, 4.69) is 84.5 Å². The monoisotopic (exact) mass is 540 g/mol. The molecule has 0 radical (unpaired) electrons. The number of nitrogens with one attached hydrogen (secondary N) is 2. The van der Waals surface area contributed by atoms with Crippen LogP contribution in [0.2, 0.25) is 0 Å². The first-order chi connectivity index (χ1) is 20.5. The Morgan fingerprint density at radius 2 is 0.833 bits per heavy atom. The molecule has 42 heavy (non-hydrogen) atoms. The Morgan fingerprint density at radius 3 is 1.21 bits per heavy atom. The van der Waals surface area contributed by atoms with Crippen LogP contribution in [0.4, 0.5) is 0 Å². The molecule has 2 aliphatic rings.